The van der Waals surface area contributed by atoms with Crippen LogP contribution in [-0.4, -0.2) is 36.2 Å². The zero-order chi connectivity index (χ0) is 22.7. The Labute approximate surface area is 183 Å². The van der Waals surface area contributed by atoms with Gasteiger partial charge in [-0.15, -0.1) is 0 Å². The van der Waals surface area contributed by atoms with Crippen LogP contribution < -0.4 is 0 Å². The van der Waals surface area contributed by atoms with Crippen molar-refractivity contribution in [1.82, 2.24) is 0 Å². The molecule has 0 aromatic heterocycles. The van der Waals surface area contributed by atoms with Crippen molar-refractivity contribution in [3.05, 3.63) is 58.7 Å². The Morgan fingerprint density at radius 1 is 1.16 bits per heavy atom. The van der Waals surface area contributed by atoms with Crippen molar-refractivity contribution in [2.24, 2.45) is 5.92 Å². The summed E-state index contributed by atoms with van der Waals surface area (Å²) >= 11 is 0. The Balaban J connectivity index is 1.82. The number of carbonyl (C=O) groups excluding carboxylic acids is 3. The number of allylic oxidation sites excluding steroid dienone is 3. The molecule has 0 N–H and O–H groups in total. The molecular formula is C25H30O6. The third-order valence-electron chi connectivity index (χ3n) is 5.69. The largest absolute Gasteiger partial charge is 0.458 e. The molecule has 1 aliphatic carbocycles. The van der Waals surface area contributed by atoms with E-state index in [4.69, 9.17) is 14.2 Å². The van der Waals surface area contributed by atoms with Gasteiger partial charge in [-0.3, -0.25) is 0 Å². The van der Waals surface area contributed by atoms with Crippen LogP contribution in [-0.2, 0) is 28.6 Å². The Bertz CT molecular complexity index is 912. The van der Waals surface area contributed by atoms with Crippen molar-refractivity contribution >= 4 is 17.9 Å². The fourth-order valence-electron chi connectivity index (χ4n) is 4.14. The van der Waals surface area contributed by atoms with E-state index >= 15 is 0 Å². The number of carbonyl (C=O) groups is 3. The summed E-state index contributed by atoms with van der Waals surface area (Å²) in [6, 6.07) is 0. The SMILES string of the molecule is C=C1C(=O)OC2CC3=C[C@@H](C/C(C)=C/C(OC(=O)/C=C(\C)CCC=C(C)C)[C@H]12)OC3=O. The van der Waals surface area contributed by atoms with Crippen molar-refractivity contribution in [3.63, 3.8) is 0 Å². The van der Waals surface area contributed by atoms with E-state index in [1.165, 1.54) is 11.6 Å². The van der Waals surface area contributed by atoms with Gasteiger partial charge in [0.05, 0.1) is 5.92 Å². The minimum Gasteiger partial charge on any atom is -0.458 e. The van der Waals surface area contributed by atoms with Gasteiger partial charge in [0, 0.05) is 30.1 Å². The number of esters is 3. The van der Waals surface area contributed by atoms with E-state index in [2.05, 4.69) is 12.7 Å². The van der Waals surface area contributed by atoms with E-state index in [0.717, 1.165) is 24.0 Å². The number of ether oxygens (including phenoxy) is 3. The molecule has 3 aliphatic rings. The molecule has 2 bridgehead atoms. The molecule has 31 heavy (non-hydrogen) atoms. The van der Waals surface area contributed by atoms with Crippen molar-refractivity contribution < 1.29 is 28.6 Å². The summed E-state index contributed by atoms with van der Waals surface area (Å²) in [5.41, 5.74) is 3.78. The van der Waals surface area contributed by atoms with E-state index < -0.39 is 36.0 Å². The van der Waals surface area contributed by atoms with Gasteiger partial charge in [-0.25, -0.2) is 14.4 Å². The predicted molar refractivity (Wildman–Crippen MR) is 116 cm³/mol. The third kappa shape index (κ3) is 5.63. The van der Waals surface area contributed by atoms with Gasteiger partial charge in [-0.05, 0) is 52.7 Å². The normalized spacial score (nSPS) is 29.8. The summed E-state index contributed by atoms with van der Waals surface area (Å²) in [7, 11) is 0. The molecule has 0 saturated carbocycles. The smallest absolute Gasteiger partial charge is 0.334 e. The van der Waals surface area contributed by atoms with Crippen molar-refractivity contribution in [2.45, 2.75) is 71.7 Å². The maximum absolute atomic E-state index is 12.7. The van der Waals surface area contributed by atoms with Gasteiger partial charge in [0.15, 0.2) is 0 Å². The molecule has 2 heterocycles. The number of rotatable bonds is 5. The van der Waals surface area contributed by atoms with Gasteiger partial charge in [0.2, 0.25) is 0 Å². The number of hydrogen-bond acceptors (Lipinski definition) is 6. The summed E-state index contributed by atoms with van der Waals surface area (Å²) < 4.78 is 16.7. The van der Waals surface area contributed by atoms with Crippen LogP contribution >= 0.6 is 0 Å². The summed E-state index contributed by atoms with van der Waals surface area (Å²) in [5, 5.41) is 0. The fraction of sp³-hybridized carbons (Fsp3) is 0.480. The molecule has 2 unspecified atom stereocenters. The highest BCUT2D eigenvalue weighted by molar-refractivity contribution is 5.93. The number of fused-ring (bicyclic) bond motifs is 2. The Kier molecular flexibility index (Phi) is 6.98. The molecule has 2 aliphatic heterocycles. The summed E-state index contributed by atoms with van der Waals surface area (Å²) in [5.74, 6) is -1.95. The van der Waals surface area contributed by atoms with Crippen LogP contribution in [0.5, 0.6) is 0 Å². The van der Waals surface area contributed by atoms with Gasteiger partial charge in [0.25, 0.3) is 0 Å². The highest BCUT2D eigenvalue weighted by Gasteiger charge is 2.46. The molecular weight excluding hydrogens is 396 g/mol. The molecule has 4 atom stereocenters. The van der Waals surface area contributed by atoms with Gasteiger partial charge >= 0.3 is 17.9 Å². The minimum absolute atomic E-state index is 0.212. The molecule has 6 nitrogen and oxygen atoms in total. The Morgan fingerprint density at radius 3 is 2.61 bits per heavy atom. The highest BCUT2D eigenvalue weighted by Crippen LogP contribution is 2.38. The summed E-state index contributed by atoms with van der Waals surface area (Å²) in [4.78, 5) is 37.1. The molecule has 6 heteroatoms. The number of hydrogen-bond donors (Lipinski definition) is 0. The molecule has 0 aromatic rings. The van der Waals surface area contributed by atoms with Crippen molar-refractivity contribution in [2.75, 3.05) is 0 Å². The van der Waals surface area contributed by atoms with Gasteiger partial charge < -0.3 is 14.2 Å². The standard InChI is InChI=1S/C25H30O6/c1-14(2)7-6-8-15(3)11-22(26)30-20-10-16(4)9-19-12-18(25(28)29-19)13-21-23(20)17(5)24(27)31-21/h7,10-12,19-21,23H,5-6,8-9,13H2,1-4H3/b15-11+,16-10+/t19-,20?,21?,23+/m1/s1. The molecule has 0 radical (unpaired) electrons. The lowest BCUT2D eigenvalue weighted by molar-refractivity contribution is -0.145. The van der Waals surface area contributed by atoms with E-state index in [9.17, 15) is 14.4 Å². The molecule has 0 amide bonds. The van der Waals surface area contributed by atoms with Crippen LogP contribution in [0.3, 0.4) is 0 Å². The minimum atomic E-state index is -0.716. The predicted octanol–water partition coefficient (Wildman–Crippen LogP) is 4.28. The molecule has 0 spiro atoms. The van der Waals surface area contributed by atoms with Crippen LogP contribution in [0.2, 0.25) is 0 Å². The van der Waals surface area contributed by atoms with Crippen LogP contribution in [0.25, 0.3) is 0 Å². The van der Waals surface area contributed by atoms with Crippen LogP contribution in [0.15, 0.2) is 58.7 Å². The van der Waals surface area contributed by atoms with Crippen molar-refractivity contribution in [3.8, 4) is 0 Å². The quantitative estimate of drug-likeness (QED) is 0.283. The first-order chi connectivity index (χ1) is 14.6. The molecule has 1 fully saturated rings. The van der Waals surface area contributed by atoms with Gasteiger partial charge in [-0.1, -0.05) is 29.4 Å². The molecule has 166 valence electrons. The monoisotopic (exact) mass is 426 g/mol. The van der Waals surface area contributed by atoms with E-state index in [1.807, 2.05) is 33.8 Å². The van der Waals surface area contributed by atoms with Crippen molar-refractivity contribution in [1.29, 1.82) is 0 Å². The molecule has 3 rings (SSSR count). The van der Waals surface area contributed by atoms with Gasteiger partial charge in [-0.2, -0.15) is 0 Å². The first kappa shape index (κ1) is 22.8. The maximum atomic E-state index is 12.7. The second-order valence-electron chi connectivity index (χ2n) is 8.76. The molecule has 0 aromatic carbocycles. The Hall–Kier alpha value is -2.89. The fourth-order valence-corrected chi connectivity index (χ4v) is 4.14. The summed E-state index contributed by atoms with van der Waals surface area (Å²) in [6.07, 6.45) is 7.84. The summed E-state index contributed by atoms with van der Waals surface area (Å²) in [6.45, 7) is 11.7. The van der Waals surface area contributed by atoms with Gasteiger partial charge in [0.1, 0.15) is 18.3 Å². The average Bonchev–Trinajstić information content (AvgIpc) is 3.12. The highest BCUT2D eigenvalue weighted by atomic mass is 16.6. The Morgan fingerprint density at radius 2 is 1.90 bits per heavy atom. The lowest BCUT2D eigenvalue weighted by Crippen LogP contribution is -2.33. The third-order valence-corrected chi connectivity index (χ3v) is 5.69. The topological polar surface area (TPSA) is 78.9 Å². The first-order valence-electron chi connectivity index (χ1n) is 10.6. The second kappa shape index (κ2) is 9.50. The second-order valence-corrected chi connectivity index (χ2v) is 8.76. The zero-order valence-corrected chi connectivity index (χ0v) is 18.6. The van der Waals surface area contributed by atoms with Crippen LogP contribution in [0, 0.1) is 5.92 Å². The average molecular weight is 427 g/mol. The lowest BCUT2D eigenvalue weighted by Gasteiger charge is -2.25. The first-order valence-corrected chi connectivity index (χ1v) is 10.6. The van der Waals surface area contributed by atoms with E-state index in [-0.39, 0.29) is 18.1 Å². The zero-order valence-electron chi connectivity index (χ0n) is 18.6. The molecule has 1 saturated heterocycles. The van der Waals surface area contributed by atoms with E-state index in [1.54, 1.807) is 6.08 Å². The maximum Gasteiger partial charge on any atom is 0.334 e. The van der Waals surface area contributed by atoms with Crippen LogP contribution in [0.4, 0.5) is 0 Å². The lowest BCUT2D eigenvalue weighted by atomic mass is 9.85. The van der Waals surface area contributed by atoms with E-state index in [0.29, 0.717) is 12.0 Å². The van der Waals surface area contributed by atoms with Crippen LogP contribution in [0.1, 0.15) is 53.4 Å².